The highest BCUT2D eigenvalue weighted by Crippen LogP contribution is 2.22. The van der Waals surface area contributed by atoms with Gasteiger partial charge in [-0.05, 0) is 18.1 Å². The van der Waals surface area contributed by atoms with Crippen molar-refractivity contribution in [3.8, 4) is 0 Å². The fourth-order valence-electron chi connectivity index (χ4n) is 2.43. The number of nitrogens with one attached hydrogen (secondary N) is 1. The van der Waals surface area contributed by atoms with E-state index in [9.17, 15) is 9.59 Å². The highest BCUT2D eigenvalue weighted by Gasteiger charge is 2.29. The van der Waals surface area contributed by atoms with Gasteiger partial charge in [0.25, 0.3) is 0 Å². The molecule has 1 atom stereocenters. The lowest BCUT2D eigenvalue weighted by Gasteiger charge is -2.34. The van der Waals surface area contributed by atoms with Crippen LogP contribution in [0.1, 0.15) is 18.9 Å². The molecule has 0 aromatic heterocycles. The molecule has 1 saturated heterocycles. The van der Waals surface area contributed by atoms with Crippen molar-refractivity contribution in [2.45, 2.75) is 25.8 Å². The van der Waals surface area contributed by atoms with Crippen LogP contribution in [0.4, 0.5) is 10.5 Å². The predicted molar refractivity (Wildman–Crippen MR) is 84.9 cm³/mol. The molecule has 0 spiro atoms. The number of carbonyl (C=O) groups is 2. The molecule has 21 heavy (non-hydrogen) atoms. The van der Waals surface area contributed by atoms with Crippen LogP contribution in [0.3, 0.4) is 0 Å². The number of carbonyl (C=O) groups excluding carboxylic acids is 1. The van der Waals surface area contributed by atoms with Crippen LogP contribution < -0.4 is 5.32 Å². The predicted octanol–water partition coefficient (Wildman–Crippen LogP) is 2.67. The van der Waals surface area contributed by atoms with Crippen LogP contribution in [-0.2, 0) is 11.2 Å². The van der Waals surface area contributed by atoms with Crippen LogP contribution >= 0.6 is 11.8 Å². The number of hydrogen-bond donors (Lipinski definition) is 2. The van der Waals surface area contributed by atoms with E-state index >= 15 is 0 Å². The molecule has 1 aromatic carbocycles. The number of urea groups is 1. The Kier molecular flexibility index (Phi) is 5.50. The lowest BCUT2D eigenvalue weighted by Crippen LogP contribution is -2.49. The van der Waals surface area contributed by atoms with Gasteiger partial charge in [-0.1, -0.05) is 25.1 Å². The lowest BCUT2D eigenvalue weighted by atomic mass is 10.1. The highest BCUT2D eigenvalue weighted by molar-refractivity contribution is 7.99. The Morgan fingerprint density at radius 2 is 2.19 bits per heavy atom. The molecule has 2 amide bonds. The number of aryl methyl sites for hydroxylation is 1. The van der Waals surface area contributed by atoms with E-state index in [0.717, 1.165) is 23.4 Å². The first-order valence-corrected chi connectivity index (χ1v) is 8.22. The summed E-state index contributed by atoms with van der Waals surface area (Å²) in [6, 6.07) is 7.24. The molecule has 1 fully saturated rings. The lowest BCUT2D eigenvalue weighted by molar-refractivity contribution is -0.137. The maximum Gasteiger partial charge on any atom is 0.322 e. The summed E-state index contributed by atoms with van der Waals surface area (Å²) in [7, 11) is 0. The smallest absolute Gasteiger partial charge is 0.322 e. The number of amides is 2. The molecule has 0 radical (unpaired) electrons. The maximum atomic E-state index is 12.4. The minimum Gasteiger partial charge on any atom is -0.481 e. The third kappa shape index (κ3) is 4.14. The van der Waals surface area contributed by atoms with E-state index in [0.29, 0.717) is 12.3 Å². The Labute approximate surface area is 128 Å². The van der Waals surface area contributed by atoms with Crippen LogP contribution in [0.25, 0.3) is 0 Å². The molecular formula is C15H20N2O3S. The molecule has 2 rings (SSSR count). The topological polar surface area (TPSA) is 69.6 Å². The van der Waals surface area contributed by atoms with Gasteiger partial charge >= 0.3 is 12.0 Å². The number of aliphatic carboxylic acids is 1. The number of anilines is 1. The van der Waals surface area contributed by atoms with Crippen molar-refractivity contribution in [3.05, 3.63) is 29.8 Å². The molecule has 1 unspecified atom stereocenters. The zero-order valence-corrected chi connectivity index (χ0v) is 12.9. The average Bonchev–Trinajstić information content (AvgIpc) is 2.47. The van der Waals surface area contributed by atoms with E-state index in [2.05, 4.69) is 5.32 Å². The summed E-state index contributed by atoms with van der Waals surface area (Å²) in [6.45, 7) is 2.62. The second-order valence-electron chi connectivity index (χ2n) is 4.96. The van der Waals surface area contributed by atoms with Gasteiger partial charge in [0.15, 0.2) is 0 Å². The number of carboxylic acid groups (broad SMARTS) is 1. The second kappa shape index (κ2) is 7.36. The van der Waals surface area contributed by atoms with E-state index in [1.165, 1.54) is 0 Å². The number of carboxylic acids is 1. The number of rotatable bonds is 4. The van der Waals surface area contributed by atoms with Gasteiger partial charge in [0, 0.05) is 23.7 Å². The maximum absolute atomic E-state index is 12.4. The number of hydrogen-bond acceptors (Lipinski definition) is 3. The van der Waals surface area contributed by atoms with E-state index < -0.39 is 5.97 Å². The van der Waals surface area contributed by atoms with Gasteiger partial charge in [-0.2, -0.15) is 11.8 Å². The summed E-state index contributed by atoms with van der Waals surface area (Å²) in [4.78, 5) is 25.0. The highest BCUT2D eigenvalue weighted by atomic mass is 32.2. The van der Waals surface area contributed by atoms with Gasteiger partial charge in [-0.15, -0.1) is 0 Å². The number of benzene rings is 1. The summed E-state index contributed by atoms with van der Waals surface area (Å²) in [6.07, 6.45) is 0.834. The first kappa shape index (κ1) is 15.7. The van der Waals surface area contributed by atoms with Gasteiger partial charge in [0.05, 0.1) is 12.5 Å². The van der Waals surface area contributed by atoms with Crippen LogP contribution in [-0.4, -0.2) is 46.1 Å². The summed E-state index contributed by atoms with van der Waals surface area (Å²) in [5.41, 5.74) is 1.88. The number of thioether (sulfide) groups is 1. The minimum atomic E-state index is -0.866. The van der Waals surface area contributed by atoms with Crippen LogP contribution in [0.2, 0.25) is 0 Å². The zero-order valence-electron chi connectivity index (χ0n) is 12.0. The summed E-state index contributed by atoms with van der Waals surface area (Å²) in [5, 5.41) is 11.9. The minimum absolute atomic E-state index is 0.00412. The van der Waals surface area contributed by atoms with Crippen molar-refractivity contribution >= 4 is 29.4 Å². The SMILES string of the molecule is CCc1ccccc1NC(=O)N1CCSCC1CC(=O)O. The molecule has 1 aliphatic heterocycles. The fourth-order valence-corrected chi connectivity index (χ4v) is 3.49. The molecule has 1 aromatic rings. The van der Waals surface area contributed by atoms with Crippen molar-refractivity contribution < 1.29 is 14.7 Å². The Balaban J connectivity index is 2.08. The van der Waals surface area contributed by atoms with Crippen LogP contribution in [0, 0.1) is 0 Å². The molecule has 1 heterocycles. The standard InChI is InChI=1S/C15H20N2O3S/c1-2-11-5-3-4-6-13(11)16-15(20)17-7-8-21-10-12(17)9-14(18)19/h3-6,12H,2,7-10H2,1H3,(H,16,20)(H,18,19). The first-order chi connectivity index (χ1) is 10.1. The molecule has 114 valence electrons. The fraction of sp³-hybridized carbons (Fsp3) is 0.467. The van der Waals surface area contributed by atoms with Crippen LogP contribution in [0.15, 0.2) is 24.3 Å². The molecule has 0 saturated carbocycles. The normalized spacial score (nSPS) is 18.3. The first-order valence-electron chi connectivity index (χ1n) is 7.07. The van der Waals surface area contributed by atoms with E-state index in [1.54, 1.807) is 16.7 Å². The third-order valence-corrected chi connectivity index (χ3v) is 4.63. The molecule has 0 bridgehead atoms. The molecule has 1 aliphatic rings. The van der Waals surface area contributed by atoms with E-state index in [-0.39, 0.29) is 18.5 Å². The van der Waals surface area contributed by atoms with Gasteiger partial charge < -0.3 is 15.3 Å². The number of nitrogens with zero attached hydrogens (tertiary/aromatic N) is 1. The second-order valence-corrected chi connectivity index (χ2v) is 6.11. The number of para-hydroxylation sites is 1. The Bertz CT molecular complexity index is 521. The largest absolute Gasteiger partial charge is 0.481 e. The monoisotopic (exact) mass is 308 g/mol. The average molecular weight is 308 g/mol. The van der Waals surface area contributed by atoms with Gasteiger partial charge in [-0.3, -0.25) is 4.79 Å². The van der Waals surface area contributed by atoms with Crippen molar-refractivity contribution in [3.63, 3.8) is 0 Å². The van der Waals surface area contributed by atoms with Crippen molar-refractivity contribution in [2.24, 2.45) is 0 Å². The van der Waals surface area contributed by atoms with E-state index in [1.807, 2.05) is 31.2 Å². The quantitative estimate of drug-likeness (QED) is 0.897. The molecule has 0 aliphatic carbocycles. The molecule has 6 heteroatoms. The molecular weight excluding hydrogens is 288 g/mol. The van der Waals surface area contributed by atoms with Crippen LogP contribution in [0.5, 0.6) is 0 Å². The van der Waals surface area contributed by atoms with Gasteiger partial charge in [0.1, 0.15) is 0 Å². The van der Waals surface area contributed by atoms with Gasteiger partial charge in [0.2, 0.25) is 0 Å². The third-order valence-electron chi connectivity index (χ3n) is 3.54. The zero-order chi connectivity index (χ0) is 15.2. The summed E-state index contributed by atoms with van der Waals surface area (Å²) < 4.78 is 0. The van der Waals surface area contributed by atoms with Crippen molar-refractivity contribution in [2.75, 3.05) is 23.4 Å². The van der Waals surface area contributed by atoms with Gasteiger partial charge in [-0.25, -0.2) is 4.79 Å². The van der Waals surface area contributed by atoms with Crippen molar-refractivity contribution in [1.82, 2.24) is 4.90 Å². The Morgan fingerprint density at radius 3 is 2.90 bits per heavy atom. The Morgan fingerprint density at radius 1 is 1.43 bits per heavy atom. The molecule has 2 N–H and O–H groups in total. The Hall–Kier alpha value is -1.69. The summed E-state index contributed by atoms with van der Waals surface area (Å²) >= 11 is 1.70. The molecule has 5 nitrogen and oxygen atoms in total. The van der Waals surface area contributed by atoms with E-state index in [4.69, 9.17) is 5.11 Å². The summed E-state index contributed by atoms with van der Waals surface area (Å²) in [5.74, 6) is 0.656. The van der Waals surface area contributed by atoms with Crippen molar-refractivity contribution in [1.29, 1.82) is 0 Å².